The van der Waals surface area contributed by atoms with E-state index in [0.29, 0.717) is 17.9 Å². The Hall–Kier alpha value is -2.13. The number of carboxylic acid groups (broad SMARTS) is 1. The number of aliphatic carboxylic acids is 1. The van der Waals surface area contributed by atoms with Crippen molar-refractivity contribution in [1.29, 1.82) is 0 Å². The van der Waals surface area contributed by atoms with E-state index in [1.807, 2.05) is 6.07 Å². The number of amides is 1. The predicted octanol–water partition coefficient (Wildman–Crippen LogP) is 1.08. The van der Waals surface area contributed by atoms with Crippen LogP contribution in [0.2, 0.25) is 0 Å². The zero-order chi connectivity index (χ0) is 17.5. The van der Waals surface area contributed by atoms with Gasteiger partial charge in [0.15, 0.2) is 5.17 Å². The van der Waals surface area contributed by atoms with Crippen molar-refractivity contribution in [3.63, 3.8) is 0 Å². The molecule has 1 N–H and O–H groups in total. The molecule has 1 aliphatic heterocycles. The van der Waals surface area contributed by atoms with Gasteiger partial charge in [0.2, 0.25) is 5.91 Å². The molecule has 1 heterocycles. The number of carbonyl (C=O) groups is 2. The van der Waals surface area contributed by atoms with Crippen molar-refractivity contribution in [2.75, 3.05) is 6.61 Å². The lowest BCUT2D eigenvalue weighted by atomic mass is 10.2. The lowest BCUT2D eigenvalue weighted by Gasteiger charge is -2.06. The fourth-order valence-electron chi connectivity index (χ4n) is 1.78. The van der Waals surface area contributed by atoms with E-state index in [0.717, 1.165) is 16.2 Å². The molecule has 9 heteroatoms. The minimum Gasteiger partial charge on any atom is -0.550 e. The first-order valence-electron chi connectivity index (χ1n) is 6.81. The molecular weight excluding hydrogens is 398 g/mol. The maximum atomic E-state index is 11.6. The van der Waals surface area contributed by atoms with Gasteiger partial charge in [0.25, 0.3) is 0 Å². The second kappa shape index (κ2) is 8.65. The normalized spacial score (nSPS) is 18.8. The zero-order valence-corrected chi connectivity index (χ0v) is 14.8. The number of benzene rings is 1. The Labute approximate surface area is 151 Å². The molecule has 126 valence electrons. The molecular formula is C15H13BrN3O4S-. The third kappa shape index (κ3) is 5.20. The predicted molar refractivity (Wildman–Crippen MR) is 94.0 cm³/mol. The van der Waals surface area contributed by atoms with Crippen molar-refractivity contribution in [3.8, 4) is 5.75 Å². The van der Waals surface area contributed by atoms with E-state index in [2.05, 4.69) is 38.0 Å². The molecule has 0 unspecified atom stereocenters. The van der Waals surface area contributed by atoms with Crippen LogP contribution in [-0.2, 0) is 9.59 Å². The number of halogens is 1. The summed E-state index contributed by atoms with van der Waals surface area (Å²) in [6.45, 7) is 3.95. The summed E-state index contributed by atoms with van der Waals surface area (Å²) < 4.78 is 6.36. The largest absolute Gasteiger partial charge is 0.550 e. The van der Waals surface area contributed by atoms with Crippen LogP contribution in [0.4, 0.5) is 0 Å². The van der Waals surface area contributed by atoms with Crippen molar-refractivity contribution >= 4 is 51.0 Å². The van der Waals surface area contributed by atoms with Crippen molar-refractivity contribution in [3.05, 3.63) is 40.9 Å². The van der Waals surface area contributed by atoms with Crippen molar-refractivity contribution in [2.24, 2.45) is 10.2 Å². The molecule has 0 saturated carbocycles. The van der Waals surface area contributed by atoms with Crippen LogP contribution in [0, 0.1) is 0 Å². The molecule has 0 aromatic heterocycles. The van der Waals surface area contributed by atoms with Crippen LogP contribution in [0.3, 0.4) is 0 Å². The fourth-order valence-corrected chi connectivity index (χ4v) is 3.07. The van der Waals surface area contributed by atoms with E-state index >= 15 is 0 Å². The van der Waals surface area contributed by atoms with Crippen LogP contribution in [-0.4, -0.2) is 35.1 Å². The molecule has 1 fully saturated rings. The van der Waals surface area contributed by atoms with Gasteiger partial charge in [-0.3, -0.25) is 4.79 Å². The van der Waals surface area contributed by atoms with E-state index in [-0.39, 0.29) is 11.6 Å². The van der Waals surface area contributed by atoms with Crippen LogP contribution >= 0.6 is 27.7 Å². The molecule has 0 radical (unpaired) electrons. The Balaban J connectivity index is 2.08. The Bertz CT molecular complexity index is 721. The Kier molecular flexibility index (Phi) is 6.56. The van der Waals surface area contributed by atoms with Crippen molar-refractivity contribution in [2.45, 2.75) is 11.7 Å². The van der Waals surface area contributed by atoms with Crippen molar-refractivity contribution in [1.82, 2.24) is 5.32 Å². The molecule has 24 heavy (non-hydrogen) atoms. The number of amidine groups is 1. The highest BCUT2D eigenvalue weighted by Crippen LogP contribution is 2.23. The third-order valence-corrected chi connectivity index (χ3v) is 4.37. The van der Waals surface area contributed by atoms with Gasteiger partial charge in [0.1, 0.15) is 12.4 Å². The number of rotatable bonds is 7. The summed E-state index contributed by atoms with van der Waals surface area (Å²) in [6, 6.07) is 5.42. The zero-order valence-electron chi connectivity index (χ0n) is 12.4. The van der Waals surface area contributed by atoms with Gasteiger partial charge in [0.05, 0.1) is 11.5 Å². The van der Waals surface area contributed by atoms with Gasteiger partial charge in [-0.2, -0.15) is 5.10 Å². The Morgan fingerprint density at radius 1 is 1.54 bits per heavy atom. The number of nitrogens with zero attached hydrogens (tertiary/aromatic N) is 2. The number of carboxylic acids is 1. The molecule has 0 bridgehead atoms. The average Bonchev–Trinajstić information content (AvgIpc) is 2.86. The summed E-state index contributed by atoms with van der Waals surface area (Å²) in [4.78, 5) is 22.1. The monoisotopic (exact) mass is 410 g/mol. The molecule has 1 atom stereocenters. The van der Waals surface area contributed by atoms with Crippen LogP contribution in [0.15, 0.2) is 45.5 Å². The van der Waals surface area contributed by atoms with Gasteiger partial charge in [0, 0.05) is 22.4 Å². The second-order valence-corrected chi connectivity index (χ2v) is 6.71. The van der Waals surface area contributed by atoms with Crippen LogP contribution < -0.4 is 15.2 Å². The van der Waals surface area contributed by atoms with E-state index < -0.39 is 17.1 Å². The Morgan fingerprint density at radius 2 is 2.33 bits per heavy atom. The highest BCUT2D eigenvalue weighted by Gasteiger charge is 2.30. The summed E-state index contributed by atoms with van der Waals surface area (Å²) in [7, 11) is 0. The summed E-state index contributed by atoms with van der Waals surface area (Å²) in [6.07, 6.45) is 2.74. The molecule has 0 aliphatic carbocycles. The highest BCUT2D eigenvalue weighted by atomic mass is 79.9. The molecule has 7 nitrogen and oxygen atoms in total. The van der Waals surface area contributed by atoms with Gasteiger partial charge in [-0.15, -0.1) is 5.10 Å². The van der Waals surface area contributed by atoms with Crippen LogP contribution in [0.25, 0.3) is 0 Å². The topological polar surface area (TPSA) is 103 Å². The molecule has 1 aliphatic rings. The third-order valence-electron chi connectivity index (χ3n) is 2.80. The molecule has 0 spiro atoms. The SMILES string of the molecule is C=CCOc1ccc(Br)cc1/C=N\N=C1/NC(=O)[C@@H](CC(=O)[O-])S1. The maximum absolute atomic E-state index is 11.6. The van der Waals surface area contributed by atoms with Gasteiger partial charge in [-0.1, -0.05) is 40.3 Å². The maximum Gasteiger partial charge on any atom is 0.239 e. The number of carbonyl (C=O) groups excluding carboxylic acids is 2. The lowest BCUT2D eigenvalue weighted by Crippen LogP contribution is -2.31. The first-order chi connectivity index (χ1) is 11.5. The van der Waals surface area contributed by atoms with Gasteiger partial charge in [-0.05, 0) is 18.2 Å². The molecule has 1 saturated heterocycles. The van der Waals surface area contributed by atoms with E-state index in [9.17, 15) is 14.7 Å². The molecule has 1 aromatic carbocycles. The number of hydrogen-bond acceptors (Lipinski definition) is 7. The second-order valence-electron chi connectivity index (χ2n) is 4.60. The number of hydrogen-bond donors (Lipinski definition) is 1. The highest BCUT2D eigenvalue weighted by molar-refractivity contribution is 9.10. The van der Waals surface area contributed by atoms with Gasteiger partial charge < -0.3 is 20.0 Å². The molecule has 1 amide bonds. The smallest absolute Gasteiger partial charge is 0.239 e. The van der Waals surface area contributed by atoms with Crippen LogP contribution in [0.5, 0.6) is 5.75 Å². The standard InChI is InChI=1S/C15H14BrN3O4S/c1-2-5-23-11-4-3-10(16)6-9(11)8-17-19-15-18-14(22)12(24-15)7-13(20)21/h2-4,6,8,12H,1,5,7H2,(H,20,21)(H,18,19,22)/p-1/b17-8-/t12-/m1/s1. The van der Waals surface area contributed by atoms with Crippen molar-refractivity contribution < 1.29 is 19.4 Å². The van der Waals surface area contributed by atoms with E-state index in [4.69, 9.17) is 4.74 Å². The average molecular weight is 411 g/mol. The number of ether oxygens (including phenoxy) is 1. The Morgan fingerprint density at radius 3 is 3.04 bits per heavy atom. The number of nitrogens with one attached hydrogen (secondary N) is 1. The number of thioether (sulfide) groups is 1. The van der Waals surface area contributed by atoms with E-state index in [1.54, 1.807) is 18.2 Å². The summed E-state index contributed by atoms with van der Waals surface area (Å²) in [5.41, 5.74) is 0.691. The first-order valence-corrected chi connectivity index (χ1v) is 8.48. The summed E-state index contributed by atoms with van der Waals surface area (Å²) in [5, 5.41) is 20.3. The quantitative estimate of drug-likeness (QED) is 0.411. The molecule has 1 aromatic rings. The van der Waals surface area contributed by atoms with Gasteiger partial charge in [-0.25, -0.2) is 0 Å². The van der Waals surface area contributed by atoms with Crippen LogP contribution in [0.1, 0.15) is 12.0 Å². The van der Waals surface area contributed by atoms with Gasteiger partial charge >= 0.3 is 0 Å². The minimum absolute atomic E-state index is 0.242. The minimum atomic E-state index is -1.29. The fraction of sp³-hybridized carbons (Fsp3) is 0.200. The summed E-state index contributed by atoms with van der Waals surface area (Å²) in [5.74, 6) is -1.10. The van der Waals surface area contributed by atoms with E-state index in [1.165, 1.54) is 6.21 Å². The first kappa shape index (κ1) is 18.2. The lowest BCUT2D eigenvalue weighted by molar-refractivity contribution is -0.305. The molecule has 2 rings (SSSR count). The summed E-state index contributed by atoms with van der Waals surface area (Å²) >= 11 is 4.37.